The van der Waals surface area contributed by atoms with E-state index in [1.54, 1.807) is 50.7 Å². The third-order valence-corrected chi connectivity index (χ3v) is 2.71. The molecule has 0 bridgehead atoms. The van der Waals surface area contributed by atoms with Gasteiger partial charge in [0.25, 0.3) is 5.91 Å². The van der Waals surface area contributed by atoms with Crippen LogP contribution in [-0.2, 0) is 0 Å². The lowest BCUT2D eigenvalue weighted by molar-refractivity contribution is 0.0955. The molecule has 1 heterocycles. The Balaban J connectivity index is 2.03. The number of benzene rings is 1. The highest BCUT2D eigenvalue weighted by molar-refractivity contribution is 5.94. The Hall–Kier alpha value is -2.89. The molecule has 0 aliphatic heterocycles. The van der Waals surface area contributed by atoms with Gasteiger partial charge in [0.15, 0.2) is 11.5 Å². The SMILES string of the molecule is COc1ccc(/C=N/NC(=O)c2cccnc2)cc1OC. The molecule has 2 aromatic rings. The van der Waals surface area contributed by atoms with Gasteiger partial charge in [-0.2, -0.15) is 5.10 Å². The van der Waals surface area contributed by atoms with Gasteiger partial charge in [0.1, 0.15) is 0 Å². The van der Waals surface area contributed by atoms with Crippen LogP contribution in [-0.4, -0.2) is 31.3 Å². The Labute approximate surface area is 122 Å². The van der Waals surface area contributed by atoms with Gasteiger partial charge in [0, 0.05) is 12.4 Å². The van der Waals surface area contributed by atoms with E-state index >= 15 is 0 Å². The van der Waals surface area contributed by atoms with Gasteiger partial charge in [0.05, 0.1) is 26.0 Å². The molecule has 1 N–H and O–H groups in total. The van der Waals surface area contributed by atoms with Crippen molar-refractivity contribution in [3.8, 4) is 11.5 Å². The van der Waals surface area contributed by atoms with Crippen molar-refractivity contribution in [3.63, 3.8) is 0 Å². The molecule has 0 saturated carbocycles. The number of rotatable bonds is 5. The van der Waals surface area contributed by atoms with Crippen molar-refractivity contribution in [2.75, 3.05) is 14.2 Å². The number of pyridine rings is 1. The number of nitrogens with one attached hydrogen (secondary N) is 1. The molecular formula is C15H15N3O3. The minimum atomic E-state index is -0.320. The summed E-state index contributed by atoms with van der Waals surface area (Å²) in [7, 11) is 3.13. The lowest BCUT2D eigenvalue weighted by Crippen LogP contribution is -2.17. The van der Waals surface area contributed by atoms with Crippen molar-refractivity contribution in [1.82, 2.24) is 10.4 Å². The molecule has 0 spiro atoms. The van der Waals surface area contributed by atoms with E-state index in [0.717, 1.165) is 5.56 Å². The first kappa shape index (κ1) is 14.5. The van der Waals surface area contributed by atoms with Gasteiger partial charge in [0.2, 0.25) is 0 Å². The molecule has 1 aromatic heterocycles. The summed E-state index contributed by atoms with van der Waals surface area (Å²) in [5.41, 5.74) is 3.66. The van der Waals surface area contributed by atoms with E-state index in [2.05, 4.69) is 15.5 Å². The number of amides is 1. The number of hydrogen-bond acceptors (Lipinski definition) is 5. The van der Waals surface area contributed by atoms with Gasteiger partial charge >= 0.3 is 0 Å². The largest absolute Gasteiger partial charge is 0.493 e. The van der Waals surface area contributed by atoms with Gasteiger partial charge in [-0.15, -0.1) is 0 Å². The van der Waals surface area contributed by atoms with Crippen LogP contribution in [0.1, 0.15) is 15.9 Å². The molecule has 6 heteroatoms. The highest BCUT2D eigenvalue weighted by Gasteiger charge is 2.04. The molecule has 0 saturated heterocycles. The second-order valence-corrected chi connectivity index (χ2v) is 4.06. The monoisotopic (exact) mass is 285 g/mol. The van der Waals surface area contributed by atoms with Crippen molar-refractivity contribution in [1.29, 1.82) is 0 Å². The molecule has 0 atom stereocenters. The Bertz CT molecular complexity index is 642. The molecule has 108 valence electrons. The average molecular weight is 285 g/mol. The van der Waals surface area contributed by atoms with Gasteiger partial charge in [-0.1, -0.05) is 0 Å². The van der Waals surface area contributed by atoms with Crippen molar-refractivity contribution in [2.45, 2.75) is 0 Å². The highest BCUT2D eigenvalue weighted by Crippen LogP contribution is 2.26. The van der Waals surface area contributed by atoms with Crippen LogP contribution >= 0.6 is 0 Å². The second kappa shape index (κ2) is 7.04. The number of carbonyl (C=O) groups excluding carboxylic acids is 1. The van der Waals surface area contributed by atoms with Crippen LogP contribution in [0.25, 0.3) is 0 Å². The van der Waals surface area contributed by atoms with Crippen LogP contribution < -0.4 is 14.9 Å². The van der Waals surface area contributed by atoms with Crippen LogP contribution in [0.2, 0.25) is 0 Å². The van der Waals surface area contributed by atoms with Crippen molar-refractivity contribution in [2.24, 2.45) is 5.10 Å². The van der Waals surface area contributed by atoms with Gasteiger partial charge in [-0.05, 0) is 35.9 Å². The smallest absolute Gasteiger partial charge is 0.272 e. The summed E-state index contributed by atoms with van der Waals surface area (Å²) in [6, 6.07) is 8.68. The number of aromatic nitrogens is 1. The van der Waals surface area contributed by atoms with Gasteiger partial charge in [-0.25, -0.2) is 5.43 Å². The zero-order valence-corrected chi connectivity index (χ0v) is 11.7. The summed E-state index contributed by atoms with van der Waals surface area (Å²) < 4.78 is 10.3. The lowest BCUT2D eigenvalue weighted by Gasteiger charge is -2.07. The molecule has 0 aliphatic carbocycles. The summed E-state index contributed by atoms with van der Waals surface area (Å²) in [5.74, 6) is 0.911. The Morgan fingerprint density at radius 3 is 2.71 bits per heavy atom. The average Bonchev–Trinajstić information content (AvgIpc) is 2.55. The lowest BCUT2D eigenvalue weighted by atomic mass is 10.2. The molecular weight excluding hydrogens is 270 g/mol. The van der Waals surface area contributed by atoms with E-state index in [0.29, 0.717) is 17.1 Å². The second-order valence-electron chi connectivity index (χ2n) is 4.06. The standard InChI is InChI=1S/C15H15N3O3/c1-20-13-6-5-11(8-14(13)21-2)9-17-18-15(19)12-4-3-7-16-10-12/h3-10H,1-2H3,(H,18,19)/b17-9+. The molecule has 2 rings (SSSR count). The van der Waals surface area contributed by atoms with Crippen LogP contribution in [0.5, 0.6) is 11.5 Å². The first-order valence-corrected chi connectivity index (χ1v) is 6.20. The maximum absolute atomic E-state index is 11.7. The summed E-state index contributed by atoms with van der Waals surface area (Å²) in [5, 5.41) is 3.90. The van der Waals surface area contributed by atoms with Crippen molar-refractivity contribution >= 4 is 12.1 Å². The van der Waals surface area contributed by atoms with Crippen molar-refractivity contribution in [3.05, 3.63) is 53.9 Å². The van der Waals surface area contributed by atoms with E-state index in [4.69, 9.17) is 9.47 Å². The maximum atomic E-state index is 11.7. The first-order chi connectivity index (χ1) is 10.2. The number of nitrogens with zero attached hydrogens (tertiary/aromatic N) is 2. The fourth-order valence-corrected chi connectivity index (χ4v) is 1.66. The van der Waals surface area contributed by atoms with Crippen LogP contribution in [0.15, 0.2) is 47.8 Å². The summed E-state index contributed by atoms with van der Waals surface area (Å²) >= 11 is 0. The zero-order valence-electron chi connectivity index (χ0n) is 11.7. The molecule has 0 aliphatic rings. The van der Waals surface area contributed by atoms with E-state index in [1.807, 2.05) is 0 Å². The van der Waals surface area contributed by atoms with E-state index in [-0.39, 0.29) is 5.91 Å². The quantitative estimate of drug-likeness (QED) is 0.672. The topological polar surface area (TPSA) is 72.8 Å². The third-order valence-electron chi connectivity index (χ3n) is 2.71. The zero-order chi connectivity index (χ0) is 15.1. The molecule has 21 heavy (non-hydrogen) atoms. The summed E-state index contributed by atoms with van der Waals surface area (Å²) in [6.07, 6.45) is 4.60. The van der Waals surface area contributed by atoms with E-state index in [9.17, 15) is 4.79 Å². The van der Waals surface area contributed by atoms with Gasteiger partial charge < -0.3 is 9.47 Å². The summed E-state index contributed by atoms with van der Waals surface area (Å²) in [4.78, 5) is 15.6. The van der Waals surface area contributed by atoms with E-state index in [1.165, 1.54) is 12.4 Å². The summed E-state index contributed by atoms with van der Waals surface area (Å²) in [6.45, 7) is 0. The fraction of sp³-hybridized carbons (Fsp3) is 0.133. The first-order valence-electron chi connectivity index (χ1n) is 6.20. The van der Waals surface area contributed by atoms with Crippen LogP contribution in [0.3, 0.4) is 0 Å². The van der Waals surface area contributed by atoms with Crippen molar-refractivity contribution < 1.29 is 14.3 Å². The molecule has 0 unspecified atom stereocenters. The Morgan fingerprint density at radius 1 is 1.24 bits per heavy atom. The number of ether oxygens (including phenoxy) is 2. The normalized spacial score (nSPS) is 10.4. The minimum absolute atomic E-state index is 0.320. The predicted molar refractivity (Wildman–Crippen MR) is 78.8 cm³/mol. The Kier molecular flexibility index (Phi) is 4.87. The van der Waals surface area contributed by atoms with Crippen LogP contribution in [0, 0.1) is 0 Å². The van der Waals surface area contributed by atoms with Crippen LogP contribution in [0.4, 0.5) is 0 Å². The number of carbonyl (C=O) groups is 1. The third kappa shape index (κ3) is 3.79. The maximum Gasteiger partial charge on any atom is 0.272 e. The van der Waals surface area contributed by atoms with Gasteiger partial charge in [-0.3, -0.25) is 9.78 Å². The predicted octanol–water partition coefficient (Wildman–Crippen LogP) is 1.86. The highest BCUT2D eigenvalue weighted by atomic mass is 16.5. The number of methoxy groups -OCH3 is 2. The Morgan fingerprint density at radius 2 is 2.05 bits per heavy atom. The molecule has 1 aromatic carbocycles. The molecule has 1 amide bonds. The van der Waals surface area contributed by atoms with E-state index < -0.39 is 0 Å². The number of hydrazone groups is 1. The number of hydrogen-bond donors (Lipinski definition) is 1. The fourth-order valence-electron chi connectivity index (χ4n) is 1.66. The molecule has 0 radical (unpaired) electrons. The minimum Gasteiger partial charge on any atom is -0.493 e. The molecule has 6 nitrogen and oxygen atoms in total. The molecule has 0 fully saturated rings.